The van der Waals surface area contributed by atoms with Crippen molar-refractivity contribution in [2.24, 2.45) is 7.05 Å². The summed E-state index contributed by atoms with van der Waals surface area (Å²) in [6.07, 6.45) is 27.2. The Morgan fingerprint density at radius 3 is 1.61 bits per heavy atom. The summed E-state index contributed by atoms with van der Waals surface area (Å²) in [5, 5.41) is 1.67. The quantitative estimate of drug-likeness (QED) is 0.0979. The van der Waals surface area contributed by atoms with E-state index in [2.05, 4.69) is 43.1 Å². The molecule has 1 heterocycles. The molecule has 0 fully saturated rings. The smallest absolute Gasteiger partial charge is 0.168 e. The van der Waals surface area contributed by atoms with Crippen LogP contribution in [0.4, 0.5) is 0 Å². The van der Waals surface area contributed by atoms with Crippen LogP contribution in [0.2, 0.25) is 0 Å². The van der Waals surface area contributed by atoms with Crippen molar-refractivity contribution in [2.75, 3.05) is 0 Å². The van der Waals surface area contributed by atoms with Crippen molar-refractivity contribution in [2.45, 2.75) is 115 Å². The van der Waals surface area contributed by atoms with E-state index in [1.165, 1.54) is 120 Å². The third kappa shape index (κ3) is 14.1. The molecule has 0 bridgehead atoms. The van der Waals surface area contributed by atoms with E-state index in [0.717, 1.165) is 10.8 Å². The number of hydrogen-bond acceptors (Lipinski definition) is 3. The molecule has 0 aliphatic rings. The van der Waals surface area contributed by atoms with Crippen molar-refractivity contribution in [3.63, 3.8) is 0 Å². The van der Waals surface area contributed by atoms with E-state index in [4.69, 9.17) is 0 Å². The standard InChI is InChI=1S/C23H42N.C10H8O3S/c1-3-4-5-6-7-8-9-10-11-12-13-14-15-16-17-18-23-19-21-24(2)22-20-23;11-14(12,13)10-6-5-8-3-1-2-4-9(8)7-10/h19-22H,3-18H2,1-2H3;1-7H,(H,11,12,13)/q+1;/p-1. The molecule has 0 saturated heterocycles. The number of nitrogens with zero attached hydrogens (tertiary/aromatic N) is 1. The molecule has 0 aliphatic heterocycles. The summed E-state index contributed by atoms with van der Waals surface area (Å²) in [4.78, 5) is -0.184. The molecule has 0 unspecified atom stereocenters. The number of pyridine rings is 1. The van der Waals surface area contributed by atoms with Gasteiger partial charge in [0, 0.05) is 12.1 Å². The van der Waals surface area contributed by atoms with E-state index in [9.17, 15) is 13.0 Å². The van der Waals surface area contributed by atoms with E-state index in [1.54, 1.807) is 18.2 Å². The van der Waals surface area contributed by atoms with Gasteiger partial charge in [-0.25, -0.2) is 13.0 Å². The Bertz CT molecular complexity index is 1130. The average Bonchev–Trinajstić information content (AvgIpc) is 2.91. The first kappa shape index (κ1) is 32.0. The minimum absolute atomic E-state index is 0.184. The van der Waals surface area contributed by atoms with Crippen LogP contribution in [0.25, 0.3) is 10.8 Å². The highest BCUT2D eigenvalue weighted by Crippen LogP contribution is 2.18. The Morgan fingerprint density at radius 1 is 0.632 bits per heavy atom. The van der Waals surface area contributed by atoms with Crippen LogP contribution in [0.3, 0.4) is 0 Å². The predicted molar refractivity (Wildman–Crippen MR) is 158 cm³/mol. The summed E-state index contributed by atoms with van der Waals surface area (Å²) in [5.41, 5.74) is 1.49. The topological polar surface area (TPSA) is 61.1 Å². The molecule has 2 aromatic carbocycles. The number of fused-ring (bicyclic) bond motifs is 1. The zero-order chi connectivity index (χ0) is 27.5. The Kier molecular flexibility index (Phi) is 15.9. The van der Waals surface area contributed by atoms with Gasteiger partial charge < -0.3 is 4.55 Å². The minimum Gasteiger partial charge on any atom is -0.744 e. The van der Waals surface area contributed by atoms with Gasteiger partial charge >= 0.3 is 0 Å². The van der Waals surface area contributed by atoms with Gasteiger partial charge in [0.1, 0.15) is 17.2 Å². The highest BCUT2D eigenvalue weighted by molar-refractivity contribution is 7.85. The summed E-state index contributed by atoms with van der Waals surface area (Å²) in [5.74, 6) is 0. The minimum atomic E-state index is -4.34. The molecular weight excluding hydrogens is 490 g/mol. The van der Waals surface area contributed by atoms with E-state index in [0.29, 0.717) is 0 Å². The number of unbranched alkanes of at least 4 members (excludes halogenated alkanes) is 14. The lowest BCUT2D eigenvalue weighted by atomic mass is 10.0. The van der Waals surface area contributed by atoms with Crippen molar-refractivity contribution in [1.82, 2.24) is 0 Å². The van der Waals surface area contributed by atoms with E-state index in [-0.39, 0.29) is 4.90 Å². The molecule has 3 rings (SSSR count). The maximum Gasteiger partial charge on any atom is 0.168 e. The first-order chi connectivity index (χ1) is 18.4. The Labute approximate surface area is 232 Å². The summed E-state index contributed by atoms with van der Waals surface area (Å²) in [7, 11) is -2.26. The normalized spacial score (nSPS) is 11.3. The molecule has 0 atom stereocenters. The van der Waals surface area contributed by atoms with Crippen LogP contribution in [0.15, 0.2) is 71.9 Å². The molecule has 0 spiro atoms. The van der Waals surface area contributed by atoms with Crippen molar-refractivity contribution >= 4 is 20.9 Å². The van der Waals surface area contributed by atoms with Gasteiger partial charge in [-0.1, -0.05) is 127 Å². The highest BCUT2D eigenvalue weighted by Gasteiger charge is 2.01. The molecule has 0 amide bonds. The summed E-state index contributed by atoms with van der Waals surface area (Å²) >= 11 is 0. The second-order valence-electron chi connectivity index (χ2n) is 10.5. The van der Waals surface area contributed by atoms with E-state index in [1.807, 2.05) is 12.1 Å². The molecule has 0 saturated carbocycles. The van der Waals surface area contributed by atoms with Gasteiger partial charge in [-0.05, 0) is 41.3 Å². The number of aryl methyl sites for hydroxylation is 2. The maximum atomic E-state index is 10.7. The predicted octanol–water partition coefficient (Wildman–Crippen LogP) is 8.67. The zero-order valence-corrected chi connectivity index (χ0v) is 24.6. The molecule has 0 aliphatic carbocycles. The molecule has 5 heteroatoms. The largest absolute Gasteiger partial charge is 0.744 e. The molecular formula is C33H49NO3S. The first-order valence-electron chi connectivity index (χ1n) is 14.8. The molecule has 4 nitrogen and oxygen atoms in total. The summed E-state index contributed by atoms with van der Waals surface area (Å²) in [6.45, 7) is 2.29. The van der Waals surface area contributed by atoms with Gasteiger partial charge in [-0.3, -0.25) is 0 Å². The van der Waals surface area contributed by atoms with Gasteiger partial charge in [0.05, 0.1) is 4.90 Å². The molecule has 3 aromatic rings. The number of hydrogen-bond donors (Lipinski definition) is 0. The fraction of sp³-hybridized carbons (Fsp3) is 0.545. The van der Waals surface area contributed by atoms with E-state index >= 15 is 0 Å². The lowest BCUT2D eigenvalue weighted by Gasteiger charge is -2.07. The van der Waals surface area contributed by atoms with Crippen LogP contribution in [0.5, 0.6) is 0 Å². The molecule has 1 aromatic heterocycles. The monoisotopic (exact) mass is 539 g/mol. The zero-order valence-electron chi connectivity index (χ0n) is 23.7. The maximum absolute atomic E-state index is 10.7. The van der Waals surface area contributed by atoms with Gasteiger partial charge in [0.25, 0.3) is 0 Å². The van der Waals surface area contributed by atoms with Crippen LogP contribution < -0.4 is 4.57 Å². The Hall–Kier alpha value is -2.24. The average molecular weight is 540 g/mol. The van der Waals surface area contributed by atoms with Crippen LogP contribution >= 0.6 is 0 Å². The van der Waals surface area contributed by atoms with Crippen molar-refractivity contribution in [3.05, 3.63) is 72.6 Å². The highest BCUT2D eigenvalue weighted by atomic mass is 32.2. The first-order valence-corrected chi connectivity index (χ1v) is 16.2. The lowest BCUT2D eigenvalue weighted by molar-refractivity contribution is -0.671. The van der Waals surface area contributed by atoms with Crippen molar-refractivity contribution in [1.29, 1.82) is 0 Å². The molecule has 38 heavy (non-hydrogen) atoms. The second kappa shape index (κ2) is 18.9. The Morgan fingerprint density at radius 2 is 1.11 bits per heavy atom. The lowest BCUT2D eigenvalue weighted by Crippen LogP contribution is -2.25. The SMILES string of the molecule is CCCCCCCCCCCCCCCCCc1cc[n+](C)cc1.O=S(=O)([O-])c1ccc2ccccc2c1. The van der Waals surface area contributed by atoms with Crippen LogP contribution in [0, 0.1) is 0 Å². The van der Waals surface area contributed by atoms with Crippen molar-refractivity contribution in [3.8, 4) is 0 Å². The van der Waals surface area contributed by atoms with E-state index < -0.39 is 10.1 Å². The molecule has 210 valence electrons. The van der Waals surface area contributed by atoms with Crippen LogP contribution in [-0.4, -0.2) is 13.0 Å². The van der Waals surface area contributed by atoms with Crippen LogP contribution in [-0.2, 0) is 23.6 Å². The van der Waals surface area contributed by atoms with Crippen LogP contribution in [0.1, 0.15) is 109 Å². The Balaban J connectivity index is 0.000000304. The number of aromatic nitrogens is 1. The third-order valence-electron chi connectivity index (χ3n) is 7.13. The summed E-state index contributed by atoms with van der Waals surface area (Å²) < 4.78 is 34.3. The van der Waals surface area contributed by atoms with Gasteiger partial charge in [-0.15, -0.1) is 0 Å². The second-order valence-corrected chi connectivity index (χ2v) is 11.9. The third-order valence-corrected chi connectivity index (χ3v) is 7.96. The number of rotatable bonds is 17. The number of benzene rings is 2. The molecule has 0 N–H and O–H groups in total. The van der Waals surface area contributed by atoms with Crippen molar-refractivity contribution < 1.29 is 17.5 Å². The van der Waals surface area contributed by atoms with Gasteiger partial charge in [0.15, 0.2) is 12.4 Å². The summed E-state index contributed by atoms with van der Waals surface area (Å²) in [6, 6.07) is 16.1. The fourth-order valence-corrected chi connectivity index (χ4v) is 5.23. The molecule has 0 radical (unpaired) electrons. The van der Waals surface area contributed by atoms with Gasteiger partial charge in [0.2, 0.25) is 0 Å². The fourth-order valence-electron chi connectivity index (χ4n) is 4.72. The van der Waals surface area contributed by atoms with Gasteiger partial charge in [-0.2, -0.15) is 0 Å².